The monoisotopic (exact) mass is 296 g/mol. The Bertz CT molecular complexity index is 640. The molecule has 1 aromatic carbocycles. The molecule has 1 aliphatic rings. The fourth-order valence-electron chi connectivity index (χ4n) is 2.71. The maximum absolute atomic E-state index is 12.5. The van der Waals surface area contributed by atoms with Crippen LogP contribution in [0, 0.1) is 5.92 Å². The van der Waals surface area contributed by atoms with E-state index in [1.54, 1.807) is 4.90 Å². The number of benzene rings is 1. The molecule has 0 radical (unpaired) electrons. The number of carbonyl (C=O) groups excluding carboxylic acids is 1. The van der Waals surface area contributed by atoms with Gasteiger partial charge >= 0.3 is 0 Å². The summed E-state index contributed by atoms with van der Waals surface area (Å²) < 4.78 is 23.2. The lowest BCUT2D eigenvalue weighted by molar-refractivity contribution is 0.0743. The molecule has 0 aliphatic carbocycles. The van der Waals surface area contributed by atoms with Crippen LogP contribution in [-0.2, 0) is 9.84 Å². The lowest BCUT2D eigenvalue weighted by atomic mass is 10.1. The van der Waals surface area contributed by atoms with E-state index < -0.39 is 9.84 Å². The normalized spacial score (nSPS) is 23.1. The van der Waals surface area contributed by atoms with Gasteiger partial charge in [-0.1, -0.05) is 6.92 Å². The van der Waals surface area contributed by atoms with Gasteiger partial charge in [0, 0.05) is 30.1 Å². The zero-order valence-electron chi connectivity index (χ0n) is 12.0. The molecule has 1 aromatic rings. The number of likely N-dealkylation sites (tertiary alicyclic amines) is 1. The summed E-state index contributed by atoms with van der Waals surface area (Å²) in [6.07, 6.45) is 2.07. The van der Waals surface area contributed by atoms with Crippen molar-refractivity contribution in [1.82, 2.24) is 4.90 Å². The van der Waals surface area contributed by atoms with Crippen LogP contribution in [0.1, 0.15) is 30.6 Å². The maximum atomic E-state index is 12.5. The molecule has 2 rings (SSSR count). The van der Waals surface area contributed by atoms with E-state index in [2.05, 4.69) is 6.92 Å². The standard InChI is InChI=1S/C14H20N2O3S/c1-9-4-10(2)16(8-9)14(17)11-5-12(15)7-13(6-11)20(3,18)19/h5-7,9-10H,4,8,15H2,1-3H3. The van der Waals surface area contributed by atoms with Crippen LogP contribution in [0.25, 0.3) is 0 Å². The Kier molecular flexibility index (Phi) is 3.77. The molecule has 2 unspecified atom stereocenters. The minimum absolute atomic E-state index is 0.0840. The number of nitrogen functional groups attached to an aromatic ring is 1. The van der Waals surface area contributed by atoms with Gasteiger partial charge in [-0.2, -0.15) is 0 Å². The third-order valence-electron chi connectivity index (χ3n) is 3.65. The van der Waals surface area contributed by atoms with Crippen molar-refractivity contribution in [1.29, 1.82) is 0 Å². The van der Waals surface area contributed by atoms with Gasteiger partial charge in [0.1, 0.15) is 0 Å². The van der Waals surface area contributed by atoms with Gasteiger partial charge in [-0.15, -0.1) is 0 Å². The van der Waals surface area contributed by atoms with Gasteiger partial charge < -0.3 is 10.6 Å². The number of nitrogens with zero attached hydrogens (tertiary/aromatic N) is 1. The largest absolute Gasteiger partial charge is 0.399 e. The van der Waals surface area contributed by atoms with Gasteiger partial charge in [-0.3, -0.25) is 4.79 Å². The van der Waals surface area contributed by atoms with Crippen LogP contribution < -0.4 is 5.73 Å². The average molecular weight is 296 g/mol. The van der Waals surface area contributed by atoms with E-state index in [0.717, 1.165) is 12.7 Å². The number of anilines is 1. The van der Waals surface area contributed by atoms with E-state index >= 15 is 0 Å². The van der Waals surface area contributed by atoms with Crippen molar-refractivity contribution in [2.45, 2.75) is 31.2 Å². The molecular weight excluding hydrogens is 276 g/mol. The number of amides is 1. The molecule has 0 bridgehead atoms. The minimum atomic E-state index is -3.38. The lowest BCUT2D eigenvalue weighted by Gasteiger charge is -2.22. The molecule has 1 saturated heterocycles. The van der Waals surface area contributed by atoms with Gasteiger partial charge in [0.15, 0.2) is 9.84 Å². The Balaban J connectivity index is 2.38. The van der Waals surface area contributed by atoms with E-state index in [9.17, 15) is 13.2 Å². The average Bonchev–Trinajstić information content (AvgIpc) is 2.65. The van der Waals surface area contributed by atoms with Crippen LogP contribution >= 0.6 is 0 Å². The SMILES string of the molecule is CC1CC(C)N(C(=O)c2cc(N)cc(S(C)(=O)=O)c2)C1. The highest BCUT2D eigenvalue weighted by Crippen LogP contribution is 2.26. The van der Waals surface area contributed by atoms with Crippen molar-refractivity contribution in [3.63, 3.8) is 0 Å². The lowest BCUT2D eigenvalue weighted by Crippen LogP contribution is -2.34. The zero-order chi connectivity index (χ0) is 15.1. The molecule has 0 saturated carbocycles. The molecule has 2 N–H and O–H groups in total. The molecule has 5 nitrogen and oxygen atoms in total. The summed E-state index contributed by atoms with van der Waals surface area (Å²) in [4.78, 5) is 14.4. The van der Waals surface area contributed by atoms with E-state index in [4.69, 9.17) is 5.73 Å². The summed E-state index contributed by atoms with van der Waals surface area (Å²) in [5.41, 5.74) is 6.35. The predicted molar refractivity (Wildman–Crippen MR) is 78.2 cm³/mol. The fourth-order valence-corrected chi connectivity index (χ4v) is 3.40. The highest BCUT2D eigenvalue weighted by molar-refractivity contribution is 7.90. The first-order valence-corrected chi connectivity index (χ1v) is 8.49. The molecule has 2 atom stereocenters. The fraction of sp³-hybridized carbons (Fsp3) is 0.500. The van der Waals surface area contributed by atoms with E-state index in [1.165, 1.54) is 18.2 Å². The first kappa shape index (κ1) is 14.8. The van der Waals surface area contributed by atoms with Crippen LogP contribution in [0.5, 0.6) is 0 Å². The second-order valence-corrected chi connectivity index (χ2v) is 7.73. The predicted octanol–water partition coefficient (Wildman–Crippen LogP) is 1.54. The van der Waals surface area contributed by atoms with Gasteiger partial charge in [0.2, 0.25) is 0 Å². The van der Waals surface area contributed by atoms with Crippen LogP contribution in [0.15, 0.2) is 23.1 Å². The molecule has 1 aliphatic heterocycles. The van der Waals surface area contributed by atoms with Crippen molar-refractivity contribution >= 4 is 21.4 Å². The smallest absolute Gasteiger partial charge is 0.254 e. The third-order valence-corrected chi connectivity index (χ3v) is 4.74. The van der Waals surface area contributed by atoms with Gasteiger partial charge in [0.05, 0.1) is 4.90 Å². The minimum Gasteiger partial charge on any atom is -0.399 e. The Labute approximate surface area is 119 Å². The topological polar surface area (TPSA) is 80.5 Å². The Hall–Kier alpha value is -1.56. The van der Waals surface area contributed by atoms with Crippen molar-refractivity contribution in [2.24, 2.45) is 5.92 Å². The Morgan fingerprint density at radius 3 is 2.45 bits per heavy atom. The van der Waals surface area contributed by atoms with Crippen molar-refractivity contribution in [2.75, 3.05) is 18.5 Å². The highest BCUT2D eigenvalue weighted by Gasteiger charge is 2.31. The number of sulfone groups is 1. The number of rotatable bonds is 2. The van der Waals surface area contributed by atoms with Crippen molar-refractivity contribution in [3.8, 4) is 0 Å². The van der Waals surface area contributed by atoms with Crippen LogP contribution in [-0.4, -0.2) is 38.1 Å². The summed E-state index contributed by atoms with van der Waals surface area (Å²) >= 11 is 0. The first-order chi connectivity index (χ1) is 9.18. The summed E-state index contributed by atoms with van der Waals surface area (Å²) in [6, 6.07) is 4.49. The number of hydrogen-bond donors (Lipinski definition) is 1. The second-order valence-electron chi connectivity index (χ2n) is 5.71. The quantitative estimate of drug-likeness (QED) is 0.840. The van der Waals surface area contributed by atoms with Gasteiger partial charge in [0.25, 0.3) is 5.91 Å². The number of carbonyl (C=O) groups is 1. The van der Waals surface area contributed by atoms with Crippen LogP contribution in [0.3, 0.4) is 0 Å². The van der Waals surface area contributed by atoms with Crippen molar-refractivity contribution in [3.05, 3.63) is 23.8 Å². The van der Waals surface area contributed by atoms with Gasteiger partial charge in [-0.25, -0.2) is 8.42 Å². The summed E-state index contributed by atoms with van der Waals surface area (Å²) in [5, 5.41) is 0. The van der Waals surface area contributed by atoms with Crippen molar-refractivity contribution < 1.29 is 13.2 Å². The van der Waals surface area contributed by atoms with Gasteiger partial charge in [-0.05, 0) is 37.5 Å². The highest BCUT2D eigenvalue weighted by atomic mass is 32.2. The molecular formula is C14H20N2O3S. The number of hydrogen-bond acceptors (Lipinski definition) is 4. The maximum Gasteiger partial charge on any atom is 0.254 e. The Morgan fingerprint density at radius 2 is 1.95 bits per heavy atom. The summed E-state index contributed by atoms with van der Waals surface area (Å²) in [5.74, 6) is 0.309. The summed E-state index contributed by atoms with van der Waals surface area (Å²) in [6.45, 7) is 4.80. The van der Waals surface area contributed by atoms with E-state index in [0.29, 0.717) is 18.0 Å². The van der Waals surface area contributed by atoms with Crippen LogP contribution in [0.4, 0.5) is 5.69 Å². The molecule has 1 heterocycles. The third kappa shape index (κ3) is 2.95. The molecule has 20 heavy (non-hydrogen) atoms. The molecule has 1 fully saturated rings. The molecule has 6 heteroatoms. The Morgan fingerprint density at radius 1 is 1.30 bits per heavy atom. The second kappa shape index (κ2) is 5.09. The molecule has 110 valence electrons. The zero-order valence-corrected chi connectivity index (χ0v) is 12.8. The first-order valence-electron chi connectivity index (χ1n) is 6.60. The van der Waals surface area contributed by atoms with E-state index in [-0.39, 0.29) is 22.5 Å². The molecule has 0 spiro atoms. The molecule has 1 amide bonds. The van der Waals surface area contributed by atoms with E-state index in [1.807, 2.05) is 6.92 Å². The number of nitrogens with two attached hydrogens (primary N) is 1. The van der Waals surface area contributed by atoms with Crippen LogP contribution in [0.2, 0.25) is 0 Å². The molecule has 0 aromatic heterocycles. The summed E-state index contributed by atoms with van der Waals surface area (Å²) in [7, 11) is -3.38.